The molecule has 2 rings (SSSR count). The van der Waals surface area contributed by atoms with E-state index in [2.05, 4.69) is 15.1 Å². The Morgan fingerprint density at radius 2 is 2.14 bits per heavy atom. The lowest BCUT2D eigenvalue weighted by Crippen LogP contribution is -2.10. The van der Waals surface area contributed by atoms with Crippen molar-refractivity contribution in [3.63, 3.8) is 0 Å². The summed E-state index contributed by atoms with van der Waals surface area (Å²) < 4.78 is 39.1. The predicted molar refractivity (Wildman–Crippen MR) is 66.5 cm³/mol. The third-order valence-electron chi connectivity index (χ3n) is 2.28. The molecule has 7 nitrogen and oxygen atoms in total. The van der Waals surface area contributed by atoms with Crippen LogP contribution in [0.5, 0.6) is 0 Å². The Morgan fingerprint density at radius 1 is 1.43 bits per heavy atom. The average Bonchev–Trinajstić information content (AvgIpc) is 2.83. The molecule has 0 aliphatic heterocycles. The van der Waals surface area contributed by atoms with Crippen molar-refractivity contribution < 1.29 is 18.1 Å². The van der Waals surface area contributed by atoms with Crippen LogP contribution in [0.2, 0.25) is 0 Å². The van der Waals surface area contributed by atoms with E-state index >= 15 is 0 Å². The maximum Gasteiger partial charge on any atom is 0.433 e. The van der Waals surface area contributed by atoms with Crippen molar-refractivity contribution in [1.82, 2.24) is 19.7 Å². The van der Waals surface area contributed by atoms with Gasteiger partial charge in [0.2, 0.25) is 0 Å². The Kier molecular flexibility index (Phi) is 4.11. The number of aryl methyl sites for hydroxylation is 1. The number of hydrogen-bond donors (Lipinski definition) is 0. The van der Waals surface area contributed by atoms with Crippen LogP contribution in [0.3, 0.4) is 0 Å². The number of thioether (sulfide) groups is 1. The molecule has 0 aromatic carbocycles. The van der Waals surface area contributed by atoms with E-state index in [1.807, 2.05) is 0 Å². The maximum absolute atomic E-state index is 12.6. The summed E-state index contributed by atoms with van der Waals surface area (Å²) in [5.74, 6) is 0.0641. The van der Waals surface area contributed by atoms with Crippen LogP contribution >= 0.6 is 11.8 Å². The molecular formula is C10H8F3N5O2S. The lowest BCUT2D eigenvalue weighted by atomic mass is 10.3. The van der Waals surface area contributed by atoms with E-state index in [1.165, 1.54) is 17.8 Å². The van der Waals surface area contributed by atoms with Gasteiger partial charge in [-0.3, -0.25) is 14.8 Å². The third-order valence-corrected chi connectivity index (χ3v) is 3.11. The van der Waals surface area contributed by atoms with Gasteiger partial charge in [-0.1, -0.05) is 11.8 Å². The molecule has 0 fully saturated rings. The minimum absolute atomic E-state index is 0.0641. The average molecular weight is 319 g/mol. The van der Waals surface area contributed by atoms with E-state index in [9.17, 15) is 23.3 Å². The van der Waals surface area contributed by atoms with Crippen molar-refractivity contribution >= 4 is 17.4 Å². The molecule has 0 N–H and O–H groups in total. The minimum atomic E-state index is -4.55. The molecule has 112 valence electrons. The second kappa shape index (κ2) is 5.68. The highest BCUT2D eigenvalue weighted by Crippen LogP contribution is 2.29. The van der Waals surface area contributed by atoms with E-state index in [1.54, 1.807) is 0 Å². The van der Waals surface area contributed by atoms with Crippen LogP contribution in [-0.2, 0) is 12.1 Å². The predicted octanol–water partition coefficient (Wildman–Crippen LogP) is 2.66. The number of nitro groups is 1. The highest BCUT2D eigenvalue weighted by Gasteiger charge is 2.33. The Hall–Kier alpha value is -2.17. The molecule has 0 radical (unpaired) electrons. The molecule has 2 aromatic rings. The van der Waals surface area contributed by atoms with Crippen molar-refractivity contribution in [2.75, 3.05) is 0 Å². The molecule has 0 unspecified atom stereocenters. The molecule has 0 aliphatic carbocycles. The van der Waals surface area contributed by atoms with E-state index < -0.39 is 16.8 Å². The van der Waals surface area contributed by atoms with Crippen LogP contribution in [-0.4, -0.2) is 24.7 Å². The highest BCUT2D eigenvalue weighted by atomic mass is 32.2. The fraction of sp³-hybridized carbons (Fsp3) is 0.300. The summed E-state index contributed by atoms with van der Waals surface area (Å²) in [6, 6.07) is 0.850. The number of nitrogens with zero attached hydrogens (tertiary/aromatic N) is 5. The zero-order valence-corrected chi connectivity index (χ0v) is 11.4. The van der Waals surface area contributed by atoms with Gasteiger partial charge in [-0.05, 0) is 13.0 Å². The van der Waals surface area contributed by atoms with Gasteiger partial charge in [0, 0.05) is 5.69 Å². The SMILES string of the molecule is Cc1cc(C(F)(F)F)nc(SCn2cc([N+](=O)[O-])cn2)n1. The van der Waals surface area contributed by atoms with Crippen LogP contribution in [0.4, 0.5) is 18.9 Å². The summed E-state index contributed by atoms with van der Waals surface area (Å²) in [6.07, 6.45) is -2.32. The van der Waals surface area contributed by atoms with Crippen molar-refractivity contribution in [3.05, 3.63) is 40.0 Å². The van der Waals surface area contributed by atoms with Gasteiger partial charge in [-0.25, -0.2) is 9.97 Å². The first-order valence-electron chi connectivity index (χ1n) is 5.48. The molecule has 11 heteroatoms. The van der Waals surface area contributed by atoms with E-state index in [4.69, 9.17) is 0 Å². The molecule has 0 bridgehead atoms. The van der Waals surface area contributed by atoms with Gasteiger partial charge in [0.25, 0.3) is 0 Å². The lowest BCUT2D eigenvalue weighted by molar-refractivity contribution is -0.385. The number of alkyl halides is 3. The van der Waals surface area contributed by atoms with Gasteiger partial charge >= 0.3 is 11.9 Å². The number of aromatic nitrogens is 4. The summed E-state index contributed by atoms with van der Waals surface area (Å²) >= 11 is 0.899. The van der Waals surface area contributed by atoms with Crippen LogP contribution in [0.1, 0.15) is 11.4 Å². The molecule has 0 saturated carbocycles. The van der Waals surface area contributed by atoms with Gasteiger partial charge in [-0.15, -0.1) is 0 Å². The molecule has 0 spiro atoms. The van der Waals surface area contributed by atoms with Crippen molar-refractivity contribution in [2.45, 2.75) is 24.1 Å². The molecule has 0 atom stereocenters. The molecule has 21 heavy (non-hydrogen) atoms. The summed E-state index contributed by atoms with van der Waals surface area (Å²) in [5.41, 5.74) is -1.04. The summed E-state index contributed by atoms with van der Waals surface area (Å²) in [6.45, 7) is 1.43. The fourth-order valence-electron chi connectivity index (χ4n) is 1.39. The van der Waals surface area contributed by atoms with Gasteiger partial charge in [0.15, 0.2) is 5.16 Å². The van der Waals surface area contributed by atoms with Gasteiger partial charge in [0.1, 0.15) is 18.1 Å². The quantitative estimate of drug-likeness (QED) is 0.373. The van der Waals surface area contributed by atoms with Crippen molar-refractivity contribution in [2.24, 2.45) is 0 Å². The number of hydrogen-bond acceptors (Lipinski definition) is 6. The van der Waals surface area contributed by atoms with Crippen LogP contribution in [0.15, 0.2) is 23.6 Å². The Balaban J connectivity index is 2.12. The normalized spacial score (nSPS) is 11.6. The first-order chi connectivity index (χ1) is 9.75. The van der Waals surface area contributed by atoms with Gasteiger partial charge in [0.05, 0.1) is 10.8 Å². The summed E-state index contributed by atoms with van der Waals surface area (Å²) in [4.78, 5) is 17.2. The molecule has 0 saturated heterocycles. The van der Waals surface area contributed by atoms with E-state index in [0.29, 0.717) is 0 Å². The number of rotatable bonds is 4. The zero-order valence-electron chi connectivity index (χ0n) is 10.5. The second-order valence-electron chi connectivity index (χ2n) is 3.94. The fourth-order valence-corrected chi connectivity index (χ4v) is 2.15. The largest absolute Gasteiger partial charge is 0.433 e. The number of halogens is 3. The second-order valence-corrected chi connectivity index (χ2v) is 4.86. The standard InChI is InChI=1S/C10H8F3N5O2S/c1-6-2-8(10(11,12)13)16-9(15-6)21-5-17-4-7(3-14-17)18(19)20/h2-4H,5H2,1H3. The molecule has 0 aliphatic rings. The van der Waals surface area contributed by atoms with Gasteiger partial charge < -0.3 is 0 Å². The topological polar surface area (TPSA) is 86.7 Å². The maximum atomic E-state index is 12.6. The Bertz CT molecular complexity index is 673. The minimum Gasteiger partial charge on any atom is -0.258 e. The monoisotopic (exact) mass is 319 g/mol. The van der Waals surface area contributed by atoms with Crippen LogP contribution in [0, 0.1) is 17.0 Å². The van der Waals surface area contributed by atoms with Crippen molar-refractivity contribution in [3.8, 4) is 0 Å². The van der Waals surface area contributed by atoms with E-state index in [-0.39, 0.29) is 22.4 Å². The Labute approximate surface area is 120 Å². The van der Waals surface area contributed by atoms with Crippen LogP contribution in [0.25, 0.3) is 0 Å². The summed E-state index contributed by atoms with van der Waals surface area (Å²) in [5, 5.41) is 14.1. The zero-order chi connectivity index (χ0) is 15.6. The van der Waals surface area contributed by atoms with Gasteiger partial charge in [-0.2, -0.15) is 18.3 Å². The summed E-state index contributed by atoms with van der Waals surface area (Å²) in [7, 11) is 0. The van der Waals surface area contributed by atoms with Crippen molar-refractivity contribution in [1.29, 1.82) is 0 Å². The highest BCUT2D eigenvalue weighted by molar-refractivity contribution is 7.98. The molecule has 2 heterocycles. The first-order valence-corrected chi connectivity index (χ1v) is 6.47. The van der Waals surface area contributed by atoms with Crippen LogP contribution < -0.4 is 0 Å². The smallest absolute Gasteiger partial charge is 0.258 e. The Morgan fingerprint density at radius 3 is 2.71 bits per heavy atom. The molecule has 0 amide bonds. The van der Waals surface area contributed by atoms with E-state index in [0.717, 1.165) is 24.0 Å². The molecule has 2 aromatic heterocycles. The lowest BCUT2D eigenvalue weighted by Gasteiger charge is -2.08. The third kappa shape index (κ3) is 3.90. The molecular weight excluding hydrogens is 311 g/mol. The first kappa shape index (κ1) is 15.2.